The van der Waals surface area contributed by atoms with E-state index in [2.05, 4.69) is 4.66 Å². The van der Waals surface area contributed by atoms with Crippen molar-refractivity contribution in [3.05, 3.63) is 0 Å². The molecule has 0 rings (SSSR count). The quantitative estimate of drug-likeness (QED) is 0.251. The van der Waals surface area contributed by atoms with Crippen molar-refractivity contribution in [3.63, 3.8) is 0 Å². The third-order valence-corrected chi connectivity index (χ3v) is 3.91. The van der Waals surface area contributed by atoms with Crippen LogP contribution in [0.1, 0.15) is 6.92 Å². The summed E-state index contributed by atoms with van der Waals surface area (Å²) >= 11 is 0. The number of hydrogen-bond donors (Lipinski definition) is 0. The van der Waals surface area contributed by atoms with E-state index in [-0.39, 0.29) is 6.10 Å². The highest BCUT2D eigenvalue weighted by Gasteiger charge is 2.37. The maximum atomic E-state index is 9.99. The first-order chi connectivity index (χ1) is 6.16. The maximum absolute atomic E-state index is 9.99. The molecule has 0 heterocycles. The van der Waals surface area contributed by atoms with Crippen LogP contribution in [0.4, 0.5) is 0 Å². The van der Waals surface area contributed by atoms with Crippen LogP contribution in [-0.4, -0.2) is 48.6 Å². The third-order valence-electron chi connectivity index (χ3n) is 2.03. The van der Waals surface area contributed by atoms with Gasteiger partial charge in [-0.3, -0.25) is 0 Å². The van der Waals surface area contributed by atoms with Crippen LogP contribution in [0.5, 0.6) is 0 Å². The Morgan fingerprint density at radius 2 is 1.92 bits per heavy atom. The second-order valence-electron chi connectivity index (χ2n) is 2.51. The highest BCUT2D eigenvalue weighted by Crippen LogP contribution is 2.17. The SMILES string of the molecule is COC(C)C(OC)(OC)[SiH2]N=C=O. The normalized spacial score (nSPS) is 14.5. The van der Waals surface area contributed by atoms with Crippen LogP contribution in [0.3, 0.4) is 0 Å². The summed E-state index contributed by atoms with van der Waals surface area (Å²) in [5, 5.41) is 0. The van der Waals surface area contributed by atoms with Crippen LogP contribution in [-0.2, 0) is 19.0 Å². The van der Waals surface area contributed by atoms with E-state index in [1.54, 1.807) is 14.0 Å². The lowest BCUT2D eigenvalue weighted by Gasteiger charge is -2.33. The van der Waals surface area contributed by atoms with E-state index in [1.807, 2.05) is 0 Å². The summed E-state index contributed by atoms with van der Waals surface area (Å²) in [5.41, 5.74) is -0.869. The fourth-order valence-corrected chi connectivity index (χ4v) is 1.96. The summed E-state index contributed by atoms with van der Waals surface area (Å²) in [6.07, 6.45) is 1.23. The lowest BCUT2D eigenvalue weighted by atomic mass is 10.4. The zero-order chi connectivity index (χ0) is 10.3. The van der Waals surface area contributed by atoms with Gasteiger partial charge in [0.25, 0.3) is 0 Å². The van der Waals surface area contributed by atoms with Gasteiger partial charge in [-0.2, -0.15) is 0 Å². The highest BCUT2D eigenvalue weighted by atomic mass is 28.2. The molecule has 0 bridgehead atoms. The molecule has 0 N–H and O–H groups in total. The summed E-state index contributed by atoms with van der Waals surface area (Å²) < 4.78 is 19.0. The summed E-state index contributed by atoms with van der Waals surface area (Å²) in [4.78, 5) is 9.99. The Bertz CT molecular complexity index is 189. The Hall–Kier alpha value is -0.523. The van der Waals surface area contributed by atoms with Crippen LogP contribution < -0.4 is 0 Å². The Morgan fingerprint density at radius 3 is 2.23 bits per heavy atom. The third kappa shape index (κ3) is 3.02. The summed E-state index contributed by atoms with van der Waals surface area (Å²) in [6, 6.07) is 0. The van der Waals surface area contributed by atoms with Crippen LogP contribution in [0.2, 0.25) is 0 Å². The molecule has 0 aromatic rings. The molecule has 0 saturated carbocycles. The van der Waals surface area contributed by atoms with Gasteiger partial charge in [0.2, 0.25) is 15.8 Å². The first-order valence-electron chi connectivity index (χ1n) is 3.83. The molecule has 0 fully saturated rings. The number of hydrogen-bond acceptors (Lipinski definition) is 5. The molecule has 0 amide bonds. The Morgan fingerprint density at radius 1 is 1.38 bits per heavy atom. The highest BCUT2D eigenvalue weighted by molar-refractivity contribution is 6.38. The Kier molecular flexibility index (Phi) is 5.77. The number of methoxy groups -OCH3 is 3. The maximum Gasteiger partial charge on any atom is 0.237 e. The zero-order valence-corrected chi connectivity index (χ0v) is 9.78. The second kappa shape index (κ2) is 6.01. The molecule has 1 atom stereocenters. The van der Waals surface area contributed by atoms with Crippen molar-refractivity contribution in [3.8, 4) is 0 Å². The molecule has 5 nitrogen and oxygen atoms in total. The van der Waals surface area contributed by atoms with Gasteiger partial charge >= 0.3 is 0 Å². The van der Waals surface area contributed by atoms with Crippen LogP contribution in [0, 0.1) is 0 Å². The lowest BCUT2D eigenvalue weighted by Crippen LogP contribution is -2.50. The van der Waals surface area contributed by atoms with Gasteiger partial charge in [0.05, 0.1) is 0 Å². The smallest absolute Gasteiger partial charge is 0.237 e. The average Bonchev–Trinajstić information content (AvgIpc) is 2.19. The number of carbonyl (C=O) groups excluding carboxylic acids is 1. The molecule has 76 valence electrons. The predicted octanol–water partition coefficient (Wildman–Crippen LogP) is -0.613. The van der Waals surface area contributed by atoms with Gasteiger partial charge in [-0.25, -0.2) is 9.45 Å². The molecule has 13 heavy (non-hydrogen) atoms. The monoisotopic (exact) mass is 205 g/mol. The Balaban J connectivity index is 4.56. The van der Waals surface area contributed by atoms with E-state index in [9.17, 15) is 4.79 Å². The fourth-order valence-electron chi connectivity index (χ4n) is 0.995. The van der Waals surface area contributed by atoms with Crippen molar-refractivity contribution in [2.45, 2.75) is 18.4 Å². The topological polar surface area (TPSA) is 57.1 Å². The molecular formula is C7H15NO4Si. The van der Waals surface area contributed by atoms with E-state index < -0.39 is 15.1 Å². The lowest BCUT2D eigenvalue weighted by molar-refractivity contribution is -0.205. The molecule has 0 aliphatic rings. The van der Waals surface area contributed by atoms with Crippen molar-refractivity contribution < 1.29 is 19.0 Å². The molecule has 0 aliphatic heterocycles. The van der Waals surface area contributed by atoms with Gasteiger partial charge in [-0.15, -0.1) is 0 Å². The minimum Gasteiger partial charge on any atom is -0.376 e. The van der Waals surface area contributed by atoms with Crippen LogP contribution in [0.15, 0.2) is 4.66 Å². The number of ether oxygens (including phenoxy) is 3. The molecule has 6 heteroatoms. The number of rotatable bonds is 6. The predicted molar refractivity (Wildman–Crippen MR) is 49.9 cm³/mol. The minimum atomic E-state index is -1.21. The molecule has 0 aliphatic carbocycles. The molecule has 0 radical (unpaired) electrons. The van der Waals surface area contributed by atoms with Gasteiger partial charge in [-0.05, 0) is 6.92 Å². The van der Waals surface area contributed by atoms with E-state index in [1.165, 1.54) is 20.3 Å². The van der Waals surface area contributed by atoms with Crippen molar-refractivity contribution in [2.75, 3.05) is 21.3 Å². The van der Waals surface area contributed by atoms with Gasteiger partial charge in [0.15, 0.2) is 5.41 Å². The standard InChI is InChI=1S/C7H15NO4Si/c1-6(10-2)7(11-3,12-4)13-8-5-9/h6H,13H2,1-4H3. The minimum absolute atomic E-state index is 0.258. The van der Waals surface area contributed by atoms with Gasteiger partial charge in [-0.1, -0.05) is 0 Å². The van der Waals surface area contributed by atoms with E-state index >= 15 is 0 Å². The summed E-state index contributed by atoms with van der Waals surface area (Å²) in [7, 11) is 3.36. The molecular weight excluding hydrogens is 190 g/mol. The average molecular weight is 205 g/mol. The van der Waals surface area contributed by atoms with Gasteiger partial charge < -0.3 is 14.2 Å². The Labute approximate surface area is 80.0 Å². The summed E-state index contributed by atoms with van der Waals surface area (Å²) in [5.74, 6) is 0. The zero-order valence-electron chi connectivity index (χ0n) is 8.36. The largest absolute Gasteiger partial charge is 0.376 e. The summed E-state index contributed by atoms with van der Waals surface area (Å²) in [6.45, 7) is 1.81. The molecule has 0 aromatic carbocycles. The van der Waals surface area contributed by atoms with Crippen LogP contribution >= 0.6 is 0 Å². The van der Waals surface area contributed by atoms with Crippen LogP contribution in [0.25, 0.3) is 0 Å². The number of isocyanates is 1. The van der Waals surface area contributed by atoms with Crippen molar-refractivity contribution in [1.82, 2.24) is 0 Å². The van der Waals surface area contributed by atoms with Gasteiger partial charge in [0.1, 0.15) is 6.10 Å². The molecule has 0 spiro atoms. The van der Waals surface area contributed by atoms with Crippen molar-refractivity contribution in [2.24, 2.45) is 4.66 Å². The van der Waals surface area contributed by atoms with E-state index in [0.29, 0.717) is 0 Å². The molecule has 0 saturated heterocycles. The van der Waals surface area contributed by atoms with E-state index in [4.69, 9.17) is 14.2 Å². The second-order valence-corrected chi connectivity index (χ2v) is 4.12. The molecule has 0 aromatic heterocycles. The fraction of sp³-hybridized carbons (Fsp3) is 0.857. The first kappa shape index (κ1) is 12.5. The molecule has 1 unspecified atom stereocenters. The van der Waals surface area contributed by atoms with Gasteiger partial charge in [0, 0.05) is 21.3 Å². The van der Waals surface area contributed by atoms with Crippen molar-refractivity contribution in [1.29, 1.82) is 0 Å². The first-order valence-corrected chi connectivity index (χ1v) is 5.17. The number of nitrogens with zero attached hydrogens (tertiary/aromatic N) is 1. The van der Waals surface area contributed by atoms with Crippen molar-refractivity contribution >= 4 is 15.8 Å². The van der Waals surface area contributed by atoms with E-state index in [0.717, 1.165) is 0 Å².